The van der Waals surface area contributed by atoms with Crippen LogP contribution in [0.4, 0.5) is 11.4 Å². The topological polar surface area (TPSA) is 184 Å². The van der Waals surface area contributed by atoms with Crippen molar-refractivity contribution in [3.8, 4) is 45.5 Å². The van der Waals surface area contributed by atoms with Crippen LogP contribution in [-0.2, 0) is 0 Å². The van der Waals surface area contributed by atoms with E-state index in [1.54, 1.807) is 45.8 Å². The van der Waals surface area contributed by atoms with Crippen LogP contribution in [0.3, 0.4) is 0 Å². The van der Waals surface area contributed by atoms with Gasteiger partial charge in [0.15, 0.2) is 5.01 Å². The van der Waals surface area contributed by atoms with Crippen LogP contribution < -0.4 is 10.6 Å². The Labute approximate surface area is 408 Å². The molecular formula is C50H55BrN14S2. The molecule has 14 nitrogen and oxygen atoms in total. The Balaban J connectivity index is 0.000000153. The van der Waals surface area contributed by atoms with Crippen molar-refractivity contribution in [1.82, 2.24) is 49.6 Å². The summed E-state index contributed by atoms with van der Waals surface area (Å²) < 4.78 is 4.52. The Hall–Kier alpha value is -6.14. The van der Waals surface area contributed by atoms with Gasteiger partial charge in [0.2, 0.25) is 0 Å². The van der Waals surface area contributed by atoms with E-state index in [2.05, 4.69) is 122 Å². The second kappa shape index (κ2) is 21.7. The molecule has 8 aromatic rings. The number of nitrogens with one attached hydrogen (secondary N) is 2. The molecule has 0 aromatic carbocycles. The molecule has 0 saturated heterocycles. The van der Waals surface area contributed by atoms with Crippen LogP contribution in [0, 0.1) is 34.5 Å². The number of nitriles is 2. The van der Waals surface area contributed by atoms with Gasteiger partial charge in [-0.05, 0) is 130 Å². The predicted octanol–water partition coefficient (Wildman–Crippen LogP) is 12.6. The molecule has 0 unspecified atom stereocenters. The summed E-state index contributed by atoms with van der Waals surface area (Å²) in [4.78, 5) is 9.23. The number of anilines is 2. The lowest BCUT2D eigenvalue weighted by atomic mass is 9.83. The largest absolute Gasteiger partial charge is 0.382 e. The average Bonchev–Trinajstić information content (AvgIpc) is 4.18. The fraction of sp³-hybridized carbons (Fsp3) is 0.400. The van der Waals surface area contributed by atoms with Crippen molar-refractivity contribution >= 4 is 61.0 Å². The highest BCUT2D eigenvalue weighted by atomic mass is 79.9. The molecule has 2 fully saturated rings. The van der Waals surface area contributed by atoms with Crippen molar-refractivity contribution in [2.45, 2.75) is 117 Å². The number of hydrogen-bond acceptors (Lipinski definition) is 14. The SMILES string of the molecule is CC(C)Nc1cc(-c2ccc3cc(C#N)cnn23)ncc1Br.CC1CCC(c2nnc(-c3cnc(-c4ccc5cc(C#N)cnn45)cc3NC(C)C)s2)CC1.CC1CCC(c2nncs2)CC1. The van der Waals surface area contributed by atoms with Gasteiger partial charge >= 0.3 is 0 Å². The Morgan fingerprint density at radius 1 is 0.642 bits per heavy atom. The lowest BCUT2D eigenvalue weighted by Crippen LogP contribution is -2.11. The summed E-state index contributed by atoms with van der Waals surface area (Å²) in [6.45, 7) is 13.1. The van der Waals surface area contributed by atoms with E-state index in [-0.39, 0.29) is 6.04 Å². The second-order valence-corrected chi connectivity index (χ2v) is 20.9. The molecule has 2 aliphatic rings. The van der Waals surface area contributed by atoms with Crippen LogP contribution >= 0.6 is 38.6 Å². The summed E-state index contributed by atoms with van der Waals surface area (Å²) >= 11 is 6.91. The minimum atomic E-state index is 0.256. The van der Waals surface area contributed by atoms with Crippen molar-refractivity contribution in [2.24, 2.45) is 11.8 Å². The smallest absolute Gasteiger partial charge is 0.151 e. The molecule has 2 N–H and O–H groups in total. The molecule has 17 heteroatoms. The quantitative estimate of drug-likeness (QED) is 0.140. The highest BCUT2D eigenvalue weighted by Crippen LogP contribution is 2.41. The Morgan fingerprint density at radius 2 is 1.16 bits per heavy atom. The van der Waals surface area contributed by atoms with Crippen molar-refractivity contribution < 1.29 is 0 Å². The van der Waals surface area contributed by atoms with Crippen LogP contribution in [0.1, 0.15) is 126 Å². The van der Waals surface area contributed by atoms with Crippen molar-refractivity contribution in [3.05, 3.63) is 104 Å². The highest BCUT2D eigenvalue weighted by molar-refractivity contribution is 9.10. The molecule has 0 spiro atoms. The first-order valence-electron chi connectivity index (χ1n) is 23.0. The van der Waals surface area contributed by atoms with E-state index in [4.69, 9.17) is 15.5 Å². The number of nitrogens with zero attached hydrogens (tertiary/aromatic N) is 12. The summed E-state index contributed by atoms with van der Waals surface area (Å²) in [6.07, 6.45) is 17.1. The molecule has 344 valence electrons. The van der Waals surface area contributed by atoms with Gasteiger partial charge in [-0.15, -0.1) is 31.7 Å². The first-order chi connectivity index (χ1) is 32.5. The number of fused-ring (bicyclic) bond motifs is 2. The van der Waals surface area contributed by atoms with Gasteiger partial charge in [-0.3, -0.25) is 9.97 Å². The van der Waals surface area contributed by atoms with E-state index in [9.17, 15) is 0 Å². The van der Waals surface area contributed by atoms with Crippen LogP contribution in [0.25, 0.3) is 44.4 Å². The minimum Gasteiger partial charge on any atom is -0.382 e. The van der Waals surface area contributed by atoms with Gasteiger partial charge in [0, 0.05) is 42.0 Å². The van der Waals surface area contributed by atoms with Crippen LogP contribution in [0.2, 0.25) is 0 Å². The summed E-state index contributed by atoms with van der Waals surface area (Å²) in [7, 11) is 0. The fourth-order valence-corrected chi connectivity index (χ4v) is 10.7. The molecule has 10 rings (SSSR count). The third-order valence-corrected chi connectivity index (χ3v) is 14.8. The Kier molecular flexibility index (Phi) is 15.3. The second-order valence-electron chi connectivity index (χ2n) is 18.2. The monoisotopic (exact) mass is 994 g/mol. The predicted molar refractivity (Wildman–Crippen MR) is 271 cm³/mol. The van der Waals surface area contributed by atoms with Gasteiger partial charge in [-0.2, -0.15) is 20.7 Å². The molecular weight excluding hydrogens is 941 g/mol. The minimum absolute atomic E-state index is 0.256. The summed E-state index contributed by atoms with van der Waals surface area (Å²) in [6, 6.07) is 20.3. The molecule has 2 saturated carbocycles. The molecule has 2 aliphatic carbocycles. The zero-order chi connectivity index (χ0) is 47.0. The number of pyridine rings is 2. The van der Waals surface area contributed by atoms with E-state index >= 15 is 0 Å². The number of halogens is 1. The van der Waals surface area contributed by atoms with E-state index in [1.165, 1.54) is 56.4 Å². The van der Waals surface area contributed by atoms with Crippen LogP contribution in [-0.4, -0.2) is 61.7 Å². The van der Waals surface area contributed by atoms with E-state index in [1.807, 2.05) is 58.7 Å². The zero-order valence-electron chi connectivity index (χ0n) is 38.7. The lowest BCUT2D eigenvalue weighted by molar-refractivity contribution is 0.346. The van der Waals surface area contributed by atoms with E-state index in [0.29, 0.717) is 29.0 Å². The maximum absolute atomic E-state index is 9.15. The summed E-state index contributed by atoms with van der Waals surface area (Å²) in [5, 5.41) is 54.2. The standard InChI is InChI=1S/C25H27N7S.C16H14BrN5.C9H14N2S/c1-15(2)29-21-11-22(23-9-8-19-10-17(12-26)13-28-32(19)23)27-14-20(21)25-31-30-24(33-25)18-6-4-16(3)5-7-18;1-10(2)21-14-6-15(19-9-13(14)17)16-4-3-12-5-11(7-18)8-20-22(12)16;1-7-2-4-8(5-3-7)9-11-10-6-12-9/h8-11,13-16,18H,4-7H2,1-3H3,(H,27,29);3-6,8-10H,1-2H3,(H,19,21);6-8H,2-5H2,1H3. The molecule has 0 atom stereocenters. The number of aromatic nitrogens is 10. The van der Waals surface area contributed by atoms with Gasteiger partial charge in [0.1, 0.15) is 27.7 Å². The normalized spacial score (nSPS) is 18.1. The summed E-state index contributed by atoms with van der Waals surface area (Å²) in [5.41, 5.74) is 11.0. The molecule has 0 radical (unpaired) electrons. The molecule has 8 heterocycles. The summed E-state index contributed by atoms with van der Waals surface area (Å²) in [5.74, 6) is 2.99. The lowest BCUT2D eigenvalue weighted by Gasteiger charge is -2.23. The molecule has 0 bridgehead atoms. The molecule has 8 aromatic heterocycles. The average molecular weight is 996 g/mol. The van der Waals surface area contributed by atoms with E-state index < -0.39 is 0 Å². The Bertz CT molecular complexity index is 3000. The first kappa shape index (κ1) is 47.4. The third kappa shape index (κ3) is 11.5. The van der Waals surface area contributed by atoms with Crippen LogP contribution in [0.15, 0.2) is 83.3 Å². The van der Waals surface area contributed by atoms with Crippen molar-refractivity contribution in [1.29, 1.82) is 10.5 Å². The zero-order valence-corrected chi connectivity index (χ0v) is 41.9. The number of rotatable bonds is 9. The highest BCUT2D eigenvalue weighted by Gasteiger charge is 2.25. The van der Waals surface area contributed by atoms with Crippen molar-refractivity contribution in [3.63, 3.8) is 0 Å². The first-order valence-corrected chi connectivity index (χ1v) is 25.5. The third-order valence-electron chi connectivity index (χ3n) is 12.2. The molecule has 0 aliphatic heterocycles. The van der Waals surface area contributed by atoms with Gasteiger partial charge in [0.25, 0.3) is 0 Å². The van der Waals surface area contributed by atoms with Gasteiger partial charge in [-0.25, -0.2) is 9.03 Å². The van der Waals surface area contributed by atoms with E-state index in [0.717, 1.165) is 77.1 Å². The van der Waals surface area contributed by atoms with Crippen LogP contribution in [0.5, 0.6) is 0 Å². The number of hydrogen-bond donors (Lipinski definition) is 2. The maximum atomic E-state index is 9.15. The van der Waals surface area contributed by atoms with Crippen molar-refractivity contribution in [2.75, 3.05) is 10.6 Å². The molecule has 0 amide bonds. The van der Waals surface area contributed by atoms with Gasteiger partial charge in [-0.1, -0.05) is 50.9 Å². The fourth-order valence-electron chi connectivity index (χ4n) is 8.59. The maximum Gasteiger partial charge on any atom is 0.151 e. The van der Waals surface area contributed by atoms with Gasteiger partial charge in [0.05, 0.1) is 73.1 Å². The van der Waals surface area contributed by atoms with Gasteiger partial charge < -0.3 is 10.6 Å². The Morgan fingerprint density at radius 3 is 1.69 bits per heavy atom. The molecule has 67 heavy (non-hydrogen) atoms.